The minimum atomic E-state index is -1.14. The smallest absolute Gasteiger partial charge is 0.268 e. The lowest BCUT2D eigenvalue weighted by atomic mass is 10.1. The van der Waals surface area contributed by atoms with Crippen molar-refractivity contribution in [3.05, 3.63) is 68.7 Å². The standard InChI is InChI=1S/C18H12Cl2F2N2O3/c1-24(8-10-4-11(19)2-3-14(10)21)18(27)12(7-23)16(25)9-5-13(20)17(26)15(22)6-9/h2-6,25-26H,8H2,1H3/b16-12-. The van der Waals surface area contributed by atoms with E-state index in [1.807, 2.05) is 0 Å². The van der Waals surface area contributed by atoms with E-state index >= 15 is 0 Å². The highest BCUT2D eigenvalue weighted by Crippen LogP contribution is 2.31. The molecule has 2 rings (SSSR count). The van der Waals surface area contributed by atoms with Crippen LogP contribution < -0.4 is 0 Å². The van der Waals surface area contributed by atoms with Crippen LogP contribution in [-0.2, 0) is 11.3 Å². The highest BCUT2D eigenvalue weighted by molar-refractivity contribution is 6.32. The number of aliphatic hydroxyl groups is 1. The summed E-state index contributed by atoms with van der Waals surface area (Å²) in [7, 11) is 1.29. The Kier molecular flexibility index (Phi) is 6.26. The van der Waals surface area contributed by atoms with Crippen LogP contribution in [-0.4, -0.2) is 28.1 Å². The molecule has 0 aliphatic rings. The van der Waals surface area contributed by atoms with E-state index in [0.717, 1.165) is 23.1 Å². The monoisotopic (exact) mass is 412 g/mol. The Bertz CT molecular complexity index is 964. The molecule has 0 bridgehead atoms. The number of carbonyl (C=O) groups is 1. The molecule has 0 radical (unpaired) electrons. The molecule has 0 fully saturated rings. The number of phenols is 1. The van der Waals surface area contributed by atoms with Crippen LogP contribution in [0, 0.1) is 23.0 Å². The first-order valence-corrected chi connectivity index (χ1v) is 8.12. The fourth-order valence-electron chi connectivity index (χ4n) is 2.23. The first kappa shape index (κ1) is 20.5. The molecular formula is C18H12Cl2F2N2O3. The van der Waals surface area contributed by atoms with Crippen molar-refractivity contribution in [2.24, 2.45) is 0 Å². The van der Waals surface area contributed by atoms with Gasteiger partial charge in [0.2, 0.25) is 0 Å². The maximum absolute atomic E-state index is 13.8. The van der Waals surface area contributed by atoms with Crippen LogP contribution in [0.5, 0.6) is 5.75 Å². The van der Waals surface area contributed by atoms with Gasteiger partial charge in [0.05, 0.1) is 5.02 Å². The Morgan fingerprint density at radius 3 is 2.48 bits per heavy atom. The number of rotatable bonds is 4. The molecule has 1 amide bonds. The third-order valence-electron chi connectivity index (χ3n) is 3.61. The van der Waals surface area contributed by atoms with Crippen LogP contribution in [0.1, 0.15) is 11.1 Å². The van der Waals surface area contributed by atoms with Crippen molar-refractivity contribution in [2.45, 2.75) is 6.54 Å². The second-order valence-corrected chi connectivity index (χ2v) is 6.36. The van der Waals surface area contributed by atoms with E-state index < -0.39 is 39.6 Å². The lowest BCUT2D eigenvalue weighted by Crippen LogP contribution is -2.28. The maximum atomic E-state index is 13.8. The summed E-state index contributed by atoms with van der Waals surface area (Å²) < 4.78 is 27.4. The SMILES string of the molecule is CN(Cc1cc(Cl)ccc1F)C(=O)/C(C#N)=C(\O)c1cc(F)c(O)c(Cl)c1. The molecule has 0 saturated carbocycles. The van der Waals surface area contributed by atoms with E-state index in [9.17, 15) is 29.1 Å². The molecule has 0 aromatic heterocycles. The van der Waals surface area contributed by atoms with E-state index in [1.165, 1.54) is 25.2 Å². The summed E-state index contributed by atoms with van der Waals surface area (Å²) in [5.41, 5.74) is -0.877. The predicted molar refractivity (Wildman–Crippen MR) is 96.1 cm³/mol. The lowest BCUT2D eigenvalue weighted by molar-refractivity contribution is -0.126. The summed E-state index contributed by atoms with van der Waals surface area (Å²) in [5, 5.41) is 28.6. The number of aliphatic hydroxyl groups excluding tert-OH is 1. The van der Waals surface area contributed by atoms with Crippen molar-refractivity contribution in [3.8, 4) is 11.8 Å². The van der Waals surface area contributed by atoms with Crippen LogP contribution in [0.25, 0.3) is 5.76 Å². The van der Waals surface area contributed by atoms with Crippen LogP contribution in [0.4, 0.5) is 8.78 Å². The molecule has 0 saturated heterocycles. The van der Waals surface area contributed by atoms with Gasteiger partial charge in [-0.15, -0.1) is 0 Å². The average molecular weight is 413 g/mol. The zero-order valence-corrected chi connectivity index (χ0v) is 15.3. The molecule has 0 aliphatic heterocycles. The average Bonchev–Trinajstić information content (AvgIpc) is 2.62. The van der Waals surface area contributed by atoms with E-state index in [4.69, 9.17) is 23.2 Å². The van der Waals surface area contributed by atoms with Gasteiger partial charge in [-0.25, -0.2) is 8.78 Å². The van der Waals surface area contributed by atoms with Crippen LogP contribution in [0.2, 0.25) is 10.0 Å². The summed E-state index contributed by atoms with van der Waals surface area (Å²) in [6.07, 6.45) is 0. The molecule has 0 atom stereocenters. The van der Waals surface area contributed by atoms with Gasteiger partial charge in [-0.2, -0.15) is 5.26 Å². The number of nitriles is 1. The minimum Gasteiger partial charge on any atom is -0.506 e. The number of aromatic hydroxyl groups is 1. The van der Waals surface area contributed by atoms with E-state index in [0.29, 0.717) is 0 Å². The molecule has 5 nitrogen and oxygen atoms in total. The zero-order chi connectivity index (χ0) is 20.3. The van der Waals surface area contributed by atoms with Crippen LogP contribution >= 0.6 is 23.2 Å². The van der Waals surface area contributed by atoms with Gasteiger partial charge in [0.25, 0.3) is 5.91 Å². The molecule has 0 unspecified atom stereocenters. The van der Waals surface area contributed by atoms with Crippen LogP contribution in [0.3, 0.4) is 0 Å². The van der Waals surface area contributed by atoms with Crippen molar-refractivity contribution in [3.63, 3.8) is 0 Å². The van der Waals surface area contributed by atoms with Gasteiger partial charge in [-0.3, -0.25) is 4.79 Å². The normalized spacial score (nSPS) is 11.6. The van der Waals surface area contributed by atoms with Gasteiger partial charge in [-0.1, -0.05) is 23.2 Å². The quantitative estimate of drug-likeness (QED) is 0.441. The molecule has 140 valence electrons. The van der Waals surface area contributed by atoms with Gasteiger partial charge in [0.1, 0.15) is 17.6 Å². The molecule has 0 aliphatic carbocycles. The van der Waals surface area contributed by atoms with Gasteiger partial charge in [0.15, 0.2) is 17.1 Å². The summed E-state index contributed by atoms with van der Waals surface area (Å²) in [6, 6.07) is 7.06. The number of benzene rings is 2. The van der Waals surface area contributed by atoms with Crippen molar-refractivity contribution in [1.29, 1.82) is 5.26 Å². The van der Waals surface area contributed by atoms with Crippen molar-refractivity contribution in [1.82, 2.24) is 4.90 Å². The number of amides is 1. The van der Waals surface area contributed by atoms with Gasteiger partial charge in [-0.05, 0) is 30.3 Å². The van der Waals surface area contributed by atoms with Gasteiger partial charge in [0, 0.05) is 29.7 Å². The predicted octanol–water partition coefficient (Wildman–Crippen LogP) is 4.43. The summed E-state index contributed by atoms with van der Waals surface area (Å²) in [4.78, 5) is 13.5. The third kappa shape index (κ3) is 4.48. The largest absolute Gasteiger partial charge is 0.506 e. The van der Waals surface area contributed by atoms with E-state index in [2.05, 4.69) is 0 Å². The Morgan fingerprint density at radius 1 is 1.22 bits per heavy atom. The Labute approximate surface area is 163 Å². The molecule has 9 heteroatoms. The molecule has 2 N–H and O–H groups in total. The van der Waals surface area contributed by atoms with E-state index in [1.54, 1.807) is 0 Å². The first-order chi connectivity index (χ1) is 12.6. The highest BCUT2D eigenvalue weighted by Gasteiger charge is 2.22. The van der Waals surface area contributed by atoms with Gasteiger partial charge >= 0.3 is 0 Å². The first-order valence-electron chi connectivity index (χ1n) is 7.36. The Morgan fingerprint density at radius 2 is 1.89 bits per heavy atom. The zero-order valence-electron chi connectivity index (χ0n) is 13.8. The van der Waals surface area contributed by atoms with Crippen LogP contribution in [0.15, 0.2) is 35.9 Å². The fraction of sp³-hybridized carbons (Fsp3) is 0.111. The molecular weight excluding hydrogens is 401 g/mol. The van der Waals surface area contributed by atoms with Crippen molar-refractivity contribution in [2.75, 3.05) is 7.05 Å². The number of nitrogens with zero attached hydrogens (tertiary/aromatic N) is 2. The second-order valence-electron chi connectivity index (χ2n) is 5.52. The minimum absolute atomic E-state index is 0.105. The second kappa shape index (κ2) is 8.25. The highest BCUT2D eigenvalue weighted by atomic mass is 35.5. The molecule has 27 heavy (non-hydrogen) atoms. The lowest BCUT2D eigenvalue weighted by Gasteiger charge is -2.18. The molecule has 2 aromatic carbocycles. The maximum Gasteiger partial charge on any atom is 0.268 e. The van der Waals surface area contributed by atoms with Crippen molar-refractivity contribution >= 4 is 34.9 Å². The van der Waals surface area contributed by atoms with E-state index in [-0.39, 0.29) is 22.7 Å². The number of carbonyl (C=O) groups excluding carboxylic acids is 1. The number of likely N-dealkylation sites (N-methyl/N-ethyl adjacent to an activating group) is 1. The number of phenolic OH excluding ortho intramolecular Hbond substituents is 1. The number of hydrogen-bond donors (Lipinski definition) is 2. The summed E-state index contributed by atoms with van der Waals surface area (Å²) in [6.45, 7) is -0.228. The molecule has 2 aromatic rings. The third-order valence-corrected chi connectivity index (χ3v) is 4.14. The number of halogens is 4. The fourth-order valence-corrected chi connectivity index (χ4v) is 2.63. The molecule has 0 heterocycles. The topological polar surface area (TPSA) is 84.6 Å². The number of hydrogen-bond acceptors (Lipinski definition) is 4. The summed E-state index contributed by atoms with van der Waals surface area (Å²) in [5.74, 6) is -4.33. The molecule has 0 spiro atoms. The Hall–Kier alpha value is -2.82. The van der Waals surface area contributed by atoms with Crippen molar-refractivity contribution < 1.29 is 23.8 Å². The Balaban J connectivity index is 2.38. The van der Waals surface area contributed by atoms with Gasteiger partial charge < -0.3 is 15.1 Å². The summed E-state index contributed by atoms with van der Waals surface area (Å²) >= 11 is 11.4.